The van der Waals surface area contributed by atoms with Crippen LogP contribution in [0.15, 0.2) is 0 Å². The summed E-state index contributed by atoms with van der Waals surface area (Å²) in [5.41, 5.74) is -0.0638. The van der Waals surface area contributed by atoms with E-state index < -0.39 is 0 Å². The van der Waals surface area contributed by atoms with Crippen molar-refractivity contribution in [2.24, 2.45) is 5.41 Å². The van der Waals surface area contributed by atoms with E-state index in [2.05, 4.69) is 32.6 Å². The predicted octanol–water partition coefficient (Wildman–Crippen LogP) is 2.06. The molecule has 3 heteroatoms. The second-order valence-corrected chi connectivity index (χ2v) is 5.35. The molecule has 0 N–H and O–H groups in total. The zero-order valence-electron chi connectivity index (χ0n) is 10.5. The normalized spacial score (nSPS) is 19.1. The first-order chi connectivity index (χ1) is 6.91. The van der Waals surface area contributed by atoms with E-state index in [1.54, 1.807) is 0 Å². The molecule has 1 saturated carbocycles. The van der Waals surface area contributed by atoms with Crippen molar-refractivity contribution in [3.8, 4) is 0 Å². The van der Waals surface area contributed by atoms with Crippen LogP contribution >= 0.6 is 0 Å². The fourth-order valence-corrected chi connectivity index (χ4v) is 2.16. The molecule has 0 aromatic heterocycles. The van der Waals surface area contributed by atoms with Crippen LogP contribution in [0.2, 0.25) is 0 Å². The summed E-state index contributed by atoms with van der Waals surface area (Å²) in [6, 6.07) is 0.485. The average Bonchev–Trinajstić information content (AvgIpc) is 2.94. The van der Waals surface area contributed by atoms with E-state index in [-0.39, 0.29) is 17.4 Å². The van der Waals surface area contributed by atoms with Crippen molar-refractivity contribution in [3.63, 3.8) is 0 Å². The van der Waals surface area contributed by atoms with Gasteiger partial charge in [-0.05, 0) is 24.8 Å². The van der Waals surface area contributed by atoms with Crippen LogP contribution < -0.4 is 0 Å². The van der Waals surface area contributed by atoms with Crippen LogP contribution in [0, 0.1) is 5.41 Å². The number of ether oxygens (including phenoxy) is 1. The molecule has 15 heavy (non-hydrogen) atoms. The van der Waals surface area contributed by atoms with Crippen LogP contribution in [0.25, 0.3) is 0 Å². The number of carbonyl (C=O) groups excluding carboxylic acids is 1. The Kier molecular flexibility index (Phi) is 3.77. The Hall–Kier alpha value is -0.570. The smallest absolute Gasteiger partial charge is 0.323 e. The number of carbonyl (C=O) groups is 1. The molecule has 0 radical (unpaired) electrons. The van der Waals surface area contributed by atoms with Crippen LogP contribution in [0.3, 0.4) is 0 Å². The molecular formula is C12H23NO2. The van der Waals surface area contributed by atoms with Gasteiger partial charge in [-0.3, -0.25) is 9.69 Å². The van der Waals surface area contributed by atoms with E-state index in [1.165, 1.54) is 20.0 Å². The van der Waals surface area contributed by atoms with Gasteiger partial charge in [0.2, 0.25) is 0 Å². The summed E-state index contributed by atoms with van der Waals surface area (Å²) in [5.74, 6) is -0.101. The minimum atomic E-state index is -0.111. The maximum absolute atomic E-state index is 11.8. The lowest BCUT2D eigenvalue weighted by Crippen LogP contribution is -2.50. The summed E-state index contributed by atoms with van der Waals surface area (Å²) in [7, 11) is 1.47. The number of hydrogen-bond acceptors (Lipinski definition) is 3. The standard InChI is InChI=1S/C12H23NO2/c1-6-13(9-7-8-9)10(11(14)15-5)12(2,3)4/h9-10H,6-8H2,1-5H3. The minimum Gasteiger partial charge on any atom is -0.468 e. The second-order valence-electron chi connectivity index (χ2n) is 5.35. The molecule has 1 rings (SSSR count). The van der Waals surface area contributed by atoms with Gasteiger partial charge >= 0.3 is 5.97 Å². The minimum absolute atomic E-state index is 0.0638. The number of likely N-dealkylation sites (N-methyl/N-ethyl adjacent to an activating group) is 1. The van der Waals surface area contributed by atoms with Crippen molar-refractivity contribution in [1.29, 1.82) is 0 Å². The van der Waals surface area contributed by atoms with Crippen molar-refractivity contribution in [1.82, 2.24) is 4.90 Å². The molecule has 3 nitrogen and oxygen atoms in total. The molecule has 1 atom stereocenters. The van der Waals surface area contributed by atoms with Crippen LogP contribution in [-0.2, 0) is 9.53 Å². The maximum atomic E-state index is 11.8. The number of rotatable bonds is 4. The van der Waals surface area contributed by atoms with Gasteiger partial charge < -0.3 is 4.74 Å². The van der Waals surface area contributed by atoms with Gasteiger partial charge in [0.25, 0.3) is 0 Å². The Morgan fingerprint density at radius 2 is 2.00 bits per heavy atom. The molecule has 0 aliphatic heterocycles. The molecule has 0 amide bonds. The van der Waals surface area contributed by atoms with E-state index in [4.69, 9.17) is 4.74 Å². The Bertz CT molecular complexity index is 228. The van der Waals surface area contributed by atoms with Crippen LogP contribution in [0.5, 0.6) is 0 Å². The number of nitrogens with zero attached hydrogens (tertiary/aromatic N) is 1. The summed E-state index contributed by atoms with van der Waals surface area (Å²) < 4.78 is 4.92. The third kappa shape index (κ3) is 2.94. The van der Waals surface area contributed by atoms with Crippen LogP contribution in [-0.4, -0.2) is 36.6 Å². The van der Waals surface area contributed by atoms with Crippen molar-refractivity contribution in [2.45, 2.75) is 52.6 Å². The molecule has 1 aliphatic carbocycles. The van der Waals surface area contributed by atoms with E-state index in [0.29, 0.717) is 6.04 Å². The largest absolute Gasteiger partial charge is 0.468 e. The number of methoxy groups -OCH3 is 1. The summed E-state index contributed by atoms with van der Waals surface area (Å²) in [4.78, 5) is 14.1. The van der Waals surface area contributed by atoms with Gasteiger partial charge in [0.15, 0.2) is 0 Å². The zero-order valence-corrected chi connectivity index (χ0v) is 10.5. The predicted molar refractivity (Wildman–Crippen MR) is 60.7 cm³/mol. The van der Waals surface area contributed by atoms with E-state index in [9.17, 15) is 4.79 Å². The van der Waals surface area contributed by atoms with Crippen molar-refractivity contribution in [2.75, 3.05) is 13.7 Å². The molecule has 0 saturated heterocycles. The van der Waals surface area contributed by atoms with Gasteiger partial charge in [-0.25, -0.2) is 0 Å². The highest BCUT2D eigenvalue weighted by Gasteiger charge is 2.42. The van der Waals surface area contributed by atoms with Gasteiger partial charge in [-0.1, -0.05) is 27.7 Å². The lowest BCUT2D eigenvalue weighted by Gasteiger charge is -2.37. The first-order valence-corrected chi connectivity index (χ1v) is 5.75. The Labute approximate surface area is 92.8 Å². The lowest BCUT2D eigenvalue weighted by molar-refractivity contribution is -0.151. The molecule has 1 unspecified atom stereocenters. The fraction of sp³-hybridized carbons (Fsp3) is 0.917. The Morgan fingerprint density at radius 1 is 1.47 bits per heavy atom. The highest BCUT2D eigenvalue weighted by molar-refractivity contribution is 5.76. The average molecular weight is 213 g/mol. The van der Waals surface area contributed by atoms with E-state index in [1.807, 2.05) is 0 Å². The highest BCUT2D eigenvalue weighted by Crippen LogP contribution is 2.34. The third-order valence-electron chi connectivity index (χ3n) is 2.96. The fourth-order valence-electron chi connectivity index (χ4n) is 2.16. The number of esters is 1. The molecule has 1 aliphatic rings. The van der Waals surface area contributed by atoms with E-state index >= 15 is 0 Å². The summed E-state index contributed by atoms with van der Waals surface area (Å²) in [6.45, 7) is 9.32. The van der Waals surface area contributed by atoms with Gasteiger partial charge in [0, 0.05) is 6.04 Å². The SMILES string of the molecule is CCN(C1CC1)C(C(=O)OC)C(C)(C)C. The molecule has 0 spiro atoms. The lowest BCUT2D eigenvalue weighted by atomic mass is 9.85. The monoisotopic (exact) mass is 213 g/mol. The summed E-state index contributed by atoms with van der Waals surface area (Å²) in [6.07, 6.45) is 2.44. The number of hydrogen-bond donors (Lipinski definition) is 0. The Morgan fingerprint density at radius 3 is 2.27 bits per heavy atom. The van der Waals surface area contributed by atoms with Gasteiger partial charge in [-0.15, -0.1) is 0 Å². The molecule has 0 heterocycles. The van der Waals surface area contributed by atoms with Gasteiger partial charge in [0.1, 0.15) is 6.04 Å². The first kappa shape index (κ1) is 12.5. The Balaban J connectivity index is 2.82. The molecule has 0 aromatic carbocycles. The van der Waals surface area contributed by atoms with E-state index in [0.717, 1.165) is 6.54 Å². The molecular weight excluding hydrogens is 190 g/mol. The summed E-state index contributed by atoms with van der Waals surface area (Å²) in [5, 5.41) is 0. The van der Waals surface area contributed by atoms with Crippen LogP contribution in [0.4, 0.5) is 0 Å². The topological polar surface area (TPSA) is 29.5 Å². The first-order valence-electron chi connectivity index (χ1n) is 5.75. The molecule has 0 bridgehead atoms. The molecule has 88 valence electrons. The molecule has 1 fully saturated rings. The highest BCUT2D eigenvalue weighted by atomic mass is 16.5. The molecule has 0 aromatic rings. The summed E-state index contributed by atoms with van der Waals surface area (Å²) >= 11 is 0. The van der Waals surface area contributed by atoms with Crippen molar-refractivity contribution >= 4 is 5.97 Å². The third-order valence-corrected chi connectivity index (χ3v) is 2.96. The van der Waals surface area contributed by atoms with Crippen LogP contribution in [0.1, 0.15) is 40.5 Å². The zero-order chi connectivity index (χ0) is 11.6. The maximum Gasteiger partial charge on any atom is 0.323 e. The van der Waals surface area contributed by atoms with Gasteiger partial charge in [0.05, 0.1) is 7.11 Å². The van der Waals surface area contributed by atoms with Crippen molar-refractivity contribution < 1.29 is 9.53 Å². The second kappa shape index (κ2) is 4.52. The van der Waals surface area contributed by atoms with Crippen molar-refractivity contribution in [3.05, 3.63) is 0 Å². The van der Waals surface area contributed by atoms with Gasteiger partial charge in [-0.2, -0.15) is 0 Å². The quantitative estimate of drug-likeness (QED) is 0.669.